The number of aryl methyl sites for hydroxylation is 1. The maximum absolute atomic E-state index is 13.2. The molecule has 0 aliphatic carbocycles. The number of nitrogens with zero attached hydrogens (tertiary/aromatic N) is 3. The van der Waals surface area contributed by atoms with Crippen molar-refractivity contribution >= 4 is 27.3 Å². The summed E-state index contributed by atoms with van der Waals surface area (Å²) in [7, 11) is -3.74. The summed E-state index contributed by atoms with van der Waals surface area (Å²) in [5, 5.41) is 2.93. The quantitative estimate of drug-likeness (QED) is 0.745. The highest BCUT2D eigenvalue weighted by atomic mass is 32.2. The average Bonchev–Trinajstić information content (AvgIpc) is 2.69. The number of nitrogens with one attached hydrogen (secondary N) is 1. The first-order chi connectivity index (χ1) is 14.2. The van der Waals surface area contributed by atoms with Crippen molar-refractivity contribution in [1.29, 1.82) is 0 Å². The normalized spacial score (nSPS) is 20.5. The Balaban J connectivity index is 1.70. The third-order valence-corrected chi connectivity index (χ3v) is 7.35. The van der Waals surface area contributed by atoms with Crippen LogP contribution in [-0.2, 0) is 14.8 Å². The van der Waals surface area contributed by atoms with Gasteiger partial charge in [-0.2, -0.15) is 4.31 Å². The molecule has 1 amide bonds. The fourth-order valence-corrected chi connectivity index (χ4v) is 5.81. The minimum Gasteiger partial charge on any atom is -0.325 e. The van der Waals surface area contributed by atoms with E-state index in [0.29, 0.717) is 18.8 Å². The van der Waals surface area contributed by atoms with Gasteiger partial charge in [-0.3, -0.25) is 9.69 Å². The van der Waals surface area contributed by atoms with Crippen LogP contribution in [0.1, 0.15) is 19.4 Å². The second-order valence-corrected chi connectivity index (χ2v) is 9.54. The number of carbonyl (C=O) groups excluding carboxylic acids is 1. The number of piperazine rings is 1. The molecule has 7 nitrogen and oxygen atoms in total. The first-order valence-corrected chi connectivity index (χ1v) is 11.2. The summed E-state index contributed by atoms with van der Waals surface area (Å²) in [6.07, 6.45) is 0. The highest BCUT2D eigenvalue weighted by molar-refractivity contribution is 7.89. The van der Waals surface area contributed by atoms with Crippen molar-refractivity contribution in [2.45, 2.75) is 37.8 Å². The highest BCUT2D eigenvalue weighted by Gasteiger charge is 2.38. The van der Waals surface area contributed by atoms with Crippen LogP contribution in [0, 0.1) is 13.5 Å². The molecule has 1 N–H and O–H groups in total. The molecule has 0 aromatic heterocycles. The lowest BCUT2D eigenvalue weighted by molar-refractivity contribution is -0.118. The number of benzene rings is 2. The summed E-state index contributed by atoms with van der Waals surface area (Å²) in [6, 6.07) is 13.1. The molecule has 2 aromatic rings. The topological polar surface area (TPSA) is 74.1 Å². The van der Waals surface area contributed by atoms with E-state index in [9.17, 15) is 13.2 Å². The predicted molar refractivity (Wildman–Crippen MR) is 117 cm³/mol. The van der Waals surface area contributed by atoms with Crippen molar-refractivity contribution in [1.82, 2.24) is 9.21 Å². The lowest BCUT2D eigenvalue weighted by Crippen LogP contribution is -2.59. The molecule has 0 radical (unpaired) electrons. The van der Waals surface area contributed by atoms with E-state index >= 15 is 0 Å². The molecule has 3 rings (SSSR count). The van der Waals surface area contributed by atoms with Gasteiger partial charge in [-0.1, -0.05) is 30.3 Å². The molecule has 158 valence electrons. The number of hydrogen-bond acceptors (Lipinski definition) is 4. The van der Waals surface area contributed by atoms with Gasteiger partial charge in [0.05, 0.1) is 18.0 Å². The van der Waals surface area contributed by atoms with Gasteiger partial charge >= 0.3 is 0 Å². The molecule has 8 heteroatoms. The molecule has 1 saturated heterocycles. The Morgan fingerprint density at radius 2 is 1.80 bits per heavy atom. The fourth-order valence-electron chi connectivity index (χ4n) is 3.96. The van der Waals surface area contributed by atoms with Gasteiger partial charge in [0.1, 0.15) is 0 Å². The van der Waals surface area contributed by atoms with Crippen molar-refractivity contribution in [2.75, 3.05) is 25.0 Å². The van der Waals surface area contributed by atoms with E-state index in [4.69, 9.17) is 6.57 Å². The van der Waals surface area contributed by atoms with E-state index in [1.165, 1.54) is 16.4 Å². The minimum atomic E-state index is -3.74. The van der Waals surface area contributed by atoms with Crippen LogP contribution in [0.2, 0.25) is 0 Å². The van der Waals surface area contributed by atoms with E-state index in [2.05, 4.69) is 10.2 Å². The number of anilines is 1. The standard InChI is InChI=1S/C22H26N4O3S/c1-16-8-5-6-11-21(16)24-22(27)15-25-13-17(2)26(18(3)14-25)30(28,29)20-10-7-9-19(12-20)23-4/h5-12,17-18H,13-15H2,1-3H3,(H,24,27)/t17-,18+. The first kappa shape index (κ1) is 22.0. The smallest absolute Gasteiger partial charge is 0.242 e. The predicted octanol–water partition coefficient (Wildman–Crippen LogP) is 3.27. The molecule has 0 unspecified atom stereocenters. The van der Waals surface area contributed by atoms with Crippen molar-refractivity contribution in [3.8, 4) is 0 Å². The Morgan fingerprint density at radius 3 is 2.43 bits per heavy atom. The average molecular weight is 427 g/mol. The summed E-state index contributed by atoms with van der Waals surface area (Å²) in [5.41, 5.74) is 2.07. The van der Waals surface area contributed by atoms with Gasteiger partial charge in [-0.05, 0) is 44.5 Å². The van der Waals surface area contributed by atoms with Gasteiger partial charge in [0.15, 0.2) is 5.69 Å². The van der Waals surface area contributed by atoms with Gasteiger partial charge in [0.25, 0.3) is 0 Å². The van der Waals surface area contributed by atoms with Crippen molar-refractivity contribution < 1.29 is 13.2 Å². The largest absolute Gasteiger partial charge is 0.325 e. The summed E-state index contributed by atoms with van der Waals surface area (Å²) >= 11 is 0. The maximum atomic E-state index is 13.2. The van der Waals surface area contributed by atoms with Crippen LogP contribution < -0.4 is 5.32 Å². The number of hydrogen-bond donors (Lipinski definition) is 1. The van der Waals surface area contributed by atoms with Crippen LogP contribution in [0.5, 0.6) is 0 Å². The second kappa shape index (κ2) is 8.96. The molecule has 1 heterocycles. The van der Waals surface area contributed by atoms with Gasteiger partial charge in [0, 0.05) is 30.9 Å². The van der Waals surface area contributed by atoms with E-state index < -0.39 is 10.0 Å². The molecule has 2 aromatic carbocycles. The highest BCUT2D eigenvalue weighted by Crippen LogP contribution is 2.27. The molecule has 0 spiro atoms. The number of sulfonamides is 1. The van der Waals surface area contributed by atoms with E-state index in [0.717, 1.165) is 11.3 Å². The molecule has 1 aliphatic heterocycles. The van der Waals surface area contributed by atoms with Crippen molar-refractivity contribution in [3.63, 3.8) is 0 Å². The number of amides is 1. The maximum Gasteiger partial charge on any atom is 0.242 e. The van der Waals surface area contributed by atoms with E-state index in [1.807, 2.05) is 49.9 Å². The SMILES string of the molecule is [C-]#[N+]c1cccc(S(=O)(=O)N2[C@H](C)CN(CC(=O)Nc3ccccc3C)C[C@@H]2C)c1. The summed E-state index contributed by atoms with van der Waals surface area (Å²) < 4.78 is 27.9. The number of para-hydroxylation sites is 1. The molecule has 2 atom stereocenters. The van der Waals surface area contributed by atoms with Crippen LogP contribution in [0.15, 0.2) is 53.4 Å². The Kier molecular flexibility index (Phi) is 6.56. The zero-order valence-electron chi connectivity index (χ0n) is 17.4. The van der Waals surface area contributed by atoms with Crippen LogP contribution >= 0.6 is 0 Å². The zero-order valence-corrected chi connectivity index (χ0v) is 18.2. The fraction of sp³-hybridized carbons (Fsp3) is 0.364. The minimum absolute atomic E-state index is 0.121. The Morgan fingerprint density at radius 1 is 1.13 bits per heavy atom. The second-order valence-electron chi connectivity index (χ2n) is 7.70. The van der Waals surface area contributed by atoms with Gasteiger partial charge in [-0.15, -0.1) is 0 Å². The van der Waals surface area contributed by atoms with Gasteiger partial charge in [-0.25, -0.2) is 13.3 Å². The van der Waals surface area contributed by atoms with Crippen LogP contribution in [0.25, 0.3) is 4.85 Å². The van der Waals surface area contributed by atoms with Crippen LogP contribution in [0.4, 0.5) is 11.4 Å². The van der Waals surface area contributed by atoms with Gasteiger partial charge in [0.2, 0.25) is 15.9 Å². The lowest BCUT2D eigenvalue weighted by atomic mass is 10.1. The van der Waals surface area contributed by atoms with E-state index in [1.54, 1.807) is 12.1 Å². The first-order valence-electron chi connectivity index (χ1n) is 9.81. The Hall–Kier alpha value is -2.73. The lowest BCUT2D eigenvalue weighted by Gasteiger charge is -2.43. The molecule has 0 saturated carbocycles. The third-order valence-electron chi connectivity index (χ3n) is 5.22. The summed E-state index contributed by atoms with van der Waals surface area (Å²) in [6.45, 7) is 13.9. The molecule has 1 fully saturated rings. The van der Waals surface area contributed by atoms with Crippen molar-refractivity contribution in [3.05, 3.63) is 65.5 Å². The van der Waals surface area contributed by atoms with Crippen LogP contribution in [-0.4, -0.2) is 55.2 Å². The summed E-state index contributed by atoms with van der Waals surface area (Å²) in [4.78, 5) is 17.9. The van der Waals surface area contributed by atoms with E-state index in [-0.39, 0.29) is 29.4 Å². The monoisotopic (exact) mass is 426 g/mol. The number of carbonyl (C=O) groups is 1. The van der Waals surface area contributed by atoms with Crippen LogP contribution in [0.3, 0.4) is 0 Å². The zero-order chi connectivity index (χ0) is 21.9. The molecular weight excluding hydrogens is 400 g/mol. The molecule has 1 aliphatic rings. The third kappa shape index (κ3) is 4.70. The molecule has 30 heavy (non-hydrogen) atoms. The Labute approximate surface area is 178 Å². The molecular formula is C22H26N4O3S. The summed E-state index contributed by atoms with van der Waals surface area (Å²) in [5.74, 6) is -0.121. The molecule has 0 bridgehead atoms. The Bertz CT molecular complexity index is 1070. The van der Waals surface area contributed by atoms with Crippen molar-refractivity contribution in [2.24, 2.45) is 0 Å². The number of rotatable bonds is 5. The van der Waals surface area contributed by atoms with Gasteiger partial charge < -0.3 is 5.32 Å².